The van der Waals surface area contributed by atoms with E-state index in [4.69, 9.17) is 4.74 Å². The molecule has 12 heavy (non-hydrogen) atoms. The van der Waals surface area contributed by atoms with Crippen LogP contribution in [0.15, 0.2) is 0 Å². The van der Waals surface area contributed by atoms with Crippen LogP contribution in [0.2, 0.25) is 0 Å². The fourth-order valence-corrected chi connectivity index (χ4v) is 2.17. The van der Waals surface area contributed by atoms with Crippen LogP contribution in [-0.2, 0) is 4.74 Å². The molecule has 2 fully saturated rings. The fraction of sp³-hybridized carbons (Fsp3) is 1.00. The van der Waals surface area contributed by atoms with Crippen molar-refractivity contribution in [2.75, 3.05) is 6.61 Å². The van der Waals surface area contributed by atoms with Gasteiger partial charge in [0.2, 0.25) is 0 Å². The lowest BCUT2D eigenvalue weighted by Gasteiger charge is -2.32. The zero-order valence-electron chi connectivity index (χ0n) is 7.33. The van der Waals surface area contributed by atoms with Crippen molar-refractivity contribution >= 4 is 0 Å². The van der Waals surface area contributed by atoms with Crippen LogP contribution in [0.1, 0.15) is 20.3 Å². The molecule has 0 aliphatic carbocycles. The Kier molecular flexibility index (Phi) is 1.68. The van der Waals surface area contributed by atoms with E-state index in [0.717, 1.165) is 0 Å². The van der Waals surface area contributed by atoms with E-state index in [1.807, 2.05) is 13.8 Å². The number of hydrogen-bond acceptors (Lipinski definition) is 3. The molecule has 70 valence electrons. The molecule has 0 spiro atoms. The van der Waals surface area contributed by atoms with E-state index in [0.29, 0.717) is 13.0 Å². The van der Waals surface area contributed by atoms with Crippen molar-refractivity contribution in [3.05, 3.63) is 0 Å². The van der Waals surface area contributed by atoms with Crippen LogP contribution in [0.5, 0.6) is 0 Å². The number of nitrogens with zero attached hydrogens (tertiary/aromatic N) is 1. The van der Waals surface area contributed by atoms with Gasteiger partial charge >= 0.3 is 0 Å². The second-order valence-electron chi connectivity index (χ2n) is 3.98. The molecule has 2 aliphatic heterocycles. The number of rotatable bonds is 0. The molecule has 0 aromatic rings. The Bertz CT molecular complexity index is 195. The molecule has 0 bridgehead atoms. The summed E-state index contributed by atoms with van der Waals surface area (Å²) in [5, 5.41) is 9.47. The lowest BCUT2D eigenvalue weighted by atomic mass is 10.2. The van der Waals surface area contributed by atoms with Crippen LogP contribution in [-0.4, -0.2) is 40.8 Å². The Balaban J connectivity index is 2.21. The summed E-state index contributed by atoms with van der Waals surface area (Å²) in [4.78, 5) is 1.72. The van der Waals surface area contributed by atoms with Crippen molar-refractivity contribution in [1.82, 2.24) is 4.90 Å². The monoisotopic (exact) mass is 175 g/mol. The predicted octanol–water partition coefficient (Wildman–Crippen LogP) is 0.484. The maximum absolute atomic E-state index is 13.0. The Labute approximate surface area is 71.1 Å². The van der Waals surface area contributed by atoms with E-state index in [9.17, 15) is 9.50 Å². The average Bonchev–Trinajstić information content (AvgIpc) is 2.39. The summed E-state index contributed by atoms with van der Waals surface area (Å²) in [5.41, 5.74) is -0.509. The Hall–Kier alpha value is -0.190. The largest absolute Gasteiger partial charge is 0.375 e. The number of aliphatic hydroxyl groups excluding tert-OH is 1. The highest BCUT2D eigenvalue weighted by atomic mass is 19.1. The third-order valence-electron chi connectivity index (χ3n) is 2.75. The highest BCUT2D eigenvalue weighted by molar-refractivity contribution is 4.97. The molecule has 3 atom stereocenters. The van der Waals surface area contributed by atoms with Gasteiger partial charge in [-0.15, -0.1) is 0 Å². The summed E-state index contributed by atoms with van der Waals surface area (Å²) >= 11 is 0. The molecule has 2 rings (SSSR count). The normalized spacial score (nSPS) is 46.5. The minimum absolute atomic E-state index is 0.0602. The third-order valence-corrected chi connectivity index (χ3v) is 2.75. The maximum Gasteiger partial charge on any atom is 0.141 e. The van der Waals surface area contributed by atoms with Crippen molar-refractivity contribution in [2.24, 2.45) is 0 Å². The molecule has 0 saturated carbocycles. The smallest absolute Gasteiger partial charge is 0.141 e. The van der Waals surface area contributed by atoms with E-state index >= 15 is 0 Å². The van der Waals surface area contributed by atoms with E-state index in [-0.39, 0.29) is 6.04 Å². The molecule has 2 unspecified atom stereocenters. The van der Waals surface area contributed by atoms with Crippen LogP contribution in [0.4, 0.5) is 4.39 Å². The summed E-state index contributed by atoms with van der Waals surface area (Å²) in [7, 11) is 0. The van der Waals surface area contributed by atoms with Gasteiger partial charge in [-0.2, -0.15) is 0 Å². The van der Waals surface area contributed by atoms with E-state index in [1.54, 1.807) is 4.90 Å². The zero-order valence-corrected chi connectivity index (χ0v) is 7.33. The fourth-order valence-electron chi connectivity index (χ4n) is 2.17. The molecule has 0 radical (unpaired) electrons. The van der Waals surface area contributed by atoms with Gasteiger partial charge < -0.3 is 9.84 Å². The summed E-state index contributed by atoms with van der Waals surface area (Å²) in [6, 6.07) is 0.0602. The maximum atomic E-state index is 13.0. The van der Waals surface area contributed by atoms with Gasteiger partial charge in [-0.05, 0) is 13.8 Å². The van der Waals surface area contributed by atoms with Crippen LogP contribution >= 0.6 is 0 Å². The summed E-state index contributed by atoms with van der Waals surface area (Å²) in [6.45, 7) is 4.24. The third kappa shape index (κ3) is 0.985. The van der Waals surface area contributed by atoms with Crippen molar-refractivity contribution in [2.45, 2.75) is 44.4 Å². The Morgan fingerprint density at radius 1 is 1.58 bits per heavy atom. The number of hydrogen-bond donors (Lipinski definition) is 1. The molecule has 0 aromatic carbocycles. The average molecular weight is 175 g/mol. The van der Waals surface area contributed by atoms with Gasteiger partial charge in [0.25, 0.3) is 0 Å². The minimum atomic E-state index is -1.11. The first-order valence-corrected chi connectivity index (χ1v) is 4.27. The molecule has 1 N–H and O–H groups in total. The van der Waals surface area contributed by atoms with E-state index in [2.05, 4.69) is 0 Å². The van der Waals surface area contributed by atoms with Gasteiger partial charge in [-0.3, -0.25) is 0 Å². The molecule has 3 nitrogen and oxygen atoms in total. The van der Waals surface area contributed by atoms with Crippen LogP contribution in [0, 0.1) is 0 Å². The number of ether oxygens (including phenoxy) is 1. The lowest BCUT2D eigenvalue weighted by Crippen LogP contribution is -2.47. The standard InChI is InChI=1S/C8H14FNO2/c1-8(2)10-5(4-12-8)3-6(9)7(10)11/h5-7,11H,3-4H2,1-2H3/t5-,6?,7?/m1/s1. The summed E-state index contributed by atoms with van der Waals surface area (Å²) < 4.78 is 18.5. The SMILES string of the molecule is CC1(C)OC[C@H]2CC(F)C(O)N21. The summed E-state index contributed by atoms with van der Waals surface area (Å²) in [6.07, 6.45) is -1.70. The second kappa shape index (κ2) is 2.40. The number of fused-ring (bicyclic) bond motifs is 1. The van der Waals surface area contributed by atoms with Crippen molar-refractivity contribution in [3.8, 4) is 0 Å². The molecular formula is C8H14FNO2. The number of aliphatic hydroxyl groups is 1. The summed E-state index contributed by atoms with van der Waals surface area (Å²) in [5.74, 6) is 0. The van der Waals surface area contributed by atoms with Crippen LogP contribution in [0.3, 0.4) is 0 Å². The molecule has 2 aliphatic rings. The quantitative estimate of drug-likeness (QED) is 0.581. The Morgan fingerprint density at radius 2 is 2.25 bits per heavy atom. The van der Waals surface area contributed by atoms with Crippen molar-refractivity contribution in [3.63, 3.8) is 0 Å². The van der Waals surface area contributed by atoms with E-state index < -0.39 is 18.1 Å². The first kappa shape index (κ1) is 8.41. The highest BCUT2D eigenvalue weighted by Crippen LogP contribution is 2.38. The highest BCUT2D eigenvalue weighted by Gasteiger charge is 2.52. The number of halogens is 1. The van der Waals surface area contributed by atoms with Gasteiger partial charge in [-0.25, -0.2) is 9.29 Å². The zero-order chi connectivity index (χ0) is 8.93. The molecule has 2 saturated heterocycles. The molecule has 0 aromatic heterocycles. The van der Waals surface area contributed by atoms with E-state index in [1.165, 1.54) is 0 Å². The first-order valence-electron chi connectivity index (χ1n) is 4.27. The van der Waals surface area contributed by atoms with Gasteiger partial charge in [0.1, 0.15) is 18.1 Å². The predicted molar refractivity (Wildman–Crippen MR) is 41.2 cm³/mol. The molecule has 4 heteroatoms. The lowest BCUT2D eigenvalue weighted by molar-refractivity contribution is -0.128. The van der Waals surface area contributed by atoms with Gasteiger partial charge in [0.15, 0.2) is 0 Å². The Morgan fingerprint density at radius 3 is 2.83 bits per heavy atom. The minimum Gasteiger partial charge on any atom is -0.375 e. The number of alkyl halides is 1. The van der Waals surface area contributed by atoms with Crippen LogP contribution in [0.25, 0.3) is 0 Å². The van der Waals surface area contributed by atoms with Crippen molar-refractivity contribution in [1.29, 1.82) is 0 Å². The molecular weight excluding hydrogens is 161 g/mol. The van der Waals surface area contributed by atoms with Gasteiger partial charge in [0, 0.05) is 12.5 Å². The van der Waals surface area contributed by atoms with Gasteiger partial charge in [0.05, 0.1) is 6.61 Å². The second-order valence-corrected chi connectivity index (χ2v) is 3.98. The molecule has 0 amide bonds. The van der Waals surface area contributed by atoms with Gasteiger partial charge in [-0.1, -0.05) is 0 Å². The topological polar surface area (TPSA) is 32.7 Å². The molecule has 2 heterocycles. The van der Waals surface area contributed by atoms with Crippen LogP contribution < -0.4 is 0 Å². The van der Waals surface area contributed by atoms with Crippen molar-refractivity contribution < 1.29 is 14.2 Å². The first-order chi connectivity index (χ1) is 5.52.